The van der Waals surface area contributed by atoms with Crippen LogP contribution >= 0.6 is 11.3 Å². The van der Waals surface area contributed by atoms with Crippen molar-refractivity contribution in [2.75, 3.05) is 12.4 Å². The Balaban J connectivity index is 2.06. The van der Waals surface area contributed by atoms with Crippen molar-refractivity contribution in [3.8, 4) is 5.75 Å². The number of rotatable bonds is 4. The van der Waals surface area contributed by atoms with E-state index in [4.69, 9.17) is 9.84 Å². The van der Waals surface area contributed by atoms with E-state index in [-0.39, 0.29) is 5.56 Å². The standard InChI is InChI=1S/C15H12N2O3S/c1-20-13-3-2-9(15(18)19)6-11(13)17-12-7-16-8-14-10(12)4-5-21-14/h2-8,17H,1H3,(H,18,19). The van der Waals surface area contributed by atoms with E-state index in [0.29, 0.717) is 11.4 Å². The number of anilines is 2. The molecule has 0 aliphatic carbocycles. The zero-order valence-corrected chi connectivity index (χ0v) is 12.0. The number of hydrogen-bond acceptors (Lipinski definition) is 5. The van der Waals surface area contributed by atoms with Crippen LogP contribution in [0.4, 0.5) is 11.4 Å². The van der Waals surface area contributed by atoms with Crippen molar-refractivity contribution in [2.24, 2.45) is 0 Å². The SMILES string of the molecule is COc1ccc(C(=O)O)cc1Nc1cncc2sccc12. The number of methoxy groups -OCH3 is 1. The molecule has 3 aromatic rings. The number of thiophene rings is 1. The highest BCUT2D eigenvalue weighted by molar-refractivity contribution is 7.17. The van der Waals surface area contributed by atoms with Gasteiger partial charge >= 0.3 is 5.97 Å². The fourth-order valence-electron chi connectivity index (χ4n) is 2.08. The molecule has 0 radical (unpaired) electrons. The quantitative estimate of drug-likeness (QED) is 0.768. The van der Waals surface area contributed by atoms with Gasteiger partial charge in [-0.15, -0.1) is 11.3 Å². The molecule has 0 aliphatic heterocycles. The minimum Gasteiger partial charge on any atom is -0.495 e. The molecule has 0 saturated heterocycles. The molecule has 0 atom stereocenters. The number of aromatic carboxylic acids is 1. The highest BCUT2D eigenvalue weighted by Crippen LogP contribution is 2.33. The first-order chi connectivity index (χ1) is 10.2. The fraction of sp³-hybridized carbons (Fsp3) is 0.0667. The largest absolute Gasteiger partial charge is 0.495 e. The van der Waals surface area contributed by atoms with Gasteiger partial charge in [-0.1, -0.05) is 0 Å². The maximum Gasteiger partial charge on any atom is 0.335 e. The number of carboxylic acids is 1. The summed E-state index contributed by atoms with van der Waals surface area (Å²) in [6.07, 6.45) is 3.51. The number of aromatic nitrogens is 1. The second-order valence-corrected chi connectivity index (χ2v) is 5.31. The summed E-state index contributed by atoms with van der Waals surface area (Å²) in [5.74, 6) is -0.403. The van der Waals surface area contributed by atoms with Crippen molar-refractivity contribution in [1.82, 2.24) is 4.98 Å². The van der Waals surface area contributed by atoms with E-state index >= 15 is 0 Å². The monoisotopic (exact) mass is 300 g/mol. The van der Waals surface area contributed by atoms with Crippen molar-refractivity contribution >= 4 is 38.8 Å². The normalized spacial score (nSPS) is 10.5. The first kappa shape index (κ1) is 13.4. The van der Waals surface area contributed by atoms with Crippen LogP contribution in [0.2, 0.25) is 0 Å². The van der Waals surface area contributed by atoms with Crippen molar-refractivity contribution < 1.29 is 14.6 Å². The number of benzene rings is 1. The van der Waals surface area contributed by atoms with Gasteiger partial charge in [-0.3, -0.25) is 4.98 Å². The third kappa shape index (κ3) is 2.53. The molecular weight excluding hydrogens is 288 g/mol. The van der Waals surface area contributed by atoms with E-state index in [0.717, 1.165) is 15.8 Å². The molecule has 3 rings (SSSR count). The van der Waals surface area contributed by atoms with Crippen LogP contribution in [-0.2, 0) is 0 Å². The van der Waals surface area contributed by atoms with E-state index in [1.807, 2.05) is 11.4 Å². The Kier molecular flexibility index (Phi) is 3.45. The highest BCUT2D eigenvalue weighted by atomic mass is 32.1. The number of fused-ring (bicyclic) bond motifs is 1. The molecule has 0 amide bonds. The van der Waals surface area contributed by atoms with Crippen LogP contribution in [0.5, 0.6) is 5.75 Å². The molecule has 5 nitrogen and oxygen atoms in total. The minimum absolute atomic E-state index is 0.198. The number of carbonyl (C=O) groups is 1. The Hall–Kier alpha value is -2.60. The molecule has 0 bridgehead atoms. The molecule has 2 heterocycles. The second-order valence-electron chi connectivity index (χ2n) is 4.36. The Labute approximate surface area is 124 Å². The molecule has 0 aliphatic rings. The van der Waals surface area contributed by atoms with Crippen LogP contribution in [-0.4, -0.2) is 23.2 Å². The number of ether oxygens (including phenoxy) is 1. The lowest BCUT2D eigenvalue weighted by molar-refractivity contribution is 0.0697. The molecule has 0 spiro atoms. The first-order valence-electron chi connectivity index (χ1n) is 6.18. The fourth-order valence-corrected chi connectivity index (χ4v) is 2.85. The van der Waals surface area contributed by atoms with Crippen LogP contribution < -0.4 is 10.1 Å². The Morgan fingerprint density at radius 2 is 2.14 bits per heavy atom. The van der Waals surface area contributed by atoms with Gasteiger partial charge in [0, 0.05) is 11.6 Å². The zero-order valence-electron chi connectivity index (χ0n) is 11.2. The topological polar surface area (TPSA) is 71.5 Å². The summed E-state index contributed by atoms with van der Waals surface area (Å²) in [4.78, 5) is 15.3. The van der Waals surface area contributed by atoms with Gasteiger partial charge < -0.3 is 15.2 Å². The molecule has 0 saturated carbocycles. The number of pyridine rings is 1. The lowest BCUT2D eigenvalue weighted by atomic mass is 10.1. The van der Waals surface area contributed by atoms with Crippen molar-refractivity contribution in [3.63, 3.8) is 0 Å². The van der Waals surface area contributed by atoms with E-state index in [1.54, 1.807) is 43.0 Å². The maximum atomic E-state index is 11.1. The van der Waals surface area contributed by atoms with E-state index < -0.39 is 5.97 Å². The van der Waals surface area contributed by atoms with Crippen LogP contribution in [0.1, 0.15) is 10.4 Å². The third-order valence-corrected chi connectivity index (χ3v) is 3.95. The summed E-state index contributed by atoms with van der Waals surface area (Å²) in [5.41, 5.74) is 1.61. The van der Waals surface area contributed by atoms with Crippen LogP contribution in [0, 0.1) is 0 Å². The molecular formula is C15H12N2O3S. The summed E-state index contributed by atoms with van der Waals surface area (Å²) < 4.78 is 6.34. The Morgan fingerprint density at radius 1 is 1.29 bits per heavy atom. The molecule has 2 N–H and O–H groups in total. The molecule has 0 unspecified atom stereocenters. The van der Waals surface area contributed by atoms with Crippen LogP contribution in [0.15, 0.2) is 42.0 Å². The van der Waals surface area contributed by atoms with Gasteiger partial charge in [-0.2, -0.15) is 0 Å². The van der Waals surface area contributed by atoms with Crippen molar-refractivity contribution in [2.45, 2.75) is 0 Å². The number of nitrogens with zero attached hydrogens (tertiary/aromatic N) is 1. The van der Waals surface area contributed by atoms with Gasteiger partial charge in [0.25, 0.3) is 0 Å². The predicted octanol–water partition coefficient (Wildman–Crippen LogP) is 3.75. The van der Waals surface area contributed by atoms with Crippen molar-refractivity contribution in [1.29, 1.82) is 0 Å². The van der Waals surface area contributed by atoms with Gasteiger partial charge in [0.1, 0.15) is 5.75 Å². The van der Waals surface area contributed by atoms with Gasteiger partial charge in [0.05, 0.1) is 34.9 Å². The Bertz CT molecular complexity index is 814. The predicted molar refractivity (Wildman–Crippen MR) is 82.9 cm³/mol. The average molecular weight is 300 g/mol. The Morgan fingerprint density at radius 3 is 2.90 bits per heavy atom. The van der Waals surface area contributed by atoms with Crippen molar-refractivity contribution in [3.05, 3.63) is 47.6 Å². The number of nitrogens with one attached hydrogen (secondary N) is 1. The van der Waals surface area contributed by atoms with Crippen LogP contribution in [0.25, 0.3) is 10.1 Å². The van der Waals surface area contributed by atoms with Gasteiger partial charge in [0.2, 0.25) is 0 Å². The summed E-state index contributed by atoms with van der Waals surface area (Å²) in [6.45, 7) is 0. The molecule has 0 fully saturated rings. The van der Waals surface area contributed by atoms with E-state index in [2.05, 4.69) is 10.3 Å². The van der Waals surface area contributed by atoms with Gasteiger partial charge in [0.15, 0.2) is 0 Å². The molecule has 106 valence electrons. The van der Waals surface area contributed by atoms with Gasteiger partial charge in [-0.05, 0) is 29.6 Å². The molecule has 6 heteroatoms. The second kappa shape index (κ2) is 5.41. The smallest absolute Gasteiger partial charge is 0.335 e. The third-order valence-electron chi connectivity index (χ3n) is 3.10. The number of hydrogen-bond donors (Lipinski definition) is 2. The summed E-state index contributed by atoms with van der Waals surface area (Å²) in [5, 5.41) is 15.3. The summed E-state index contributed by atoms with van der Waals surface area (Å²) >= 11 is 1.60. The molecule has 1 aromatic carbocycles. The summed E-state index contributed by atoms with van der Waals surface area (Å²) in [7, 11) is 1.55. The lowest BCUT2D eigenvalue weighted by Crippen LogP contribution is -2.00. The number of carboxylic acid groups (broad SMARTS) is 1. The summed E-state index contributed by atoms with van der Waals surface area (Å²) in [6, 6.07) is 6.69. The maximum absolute atomic E-state index is 11.1. The van der Waals surface area contributed by atoms with Gasteiger partial charge in [-0.25, -0.2) is 4.79 Å². The zero-order chi connectivity index (χ0) is 14.8. The van der Waals surface area contributed by atoms with E-state index in [1.165, 1.54) is 6.07 Å². The van der Waals surface area contributed by atoms with E-state index in [9.17, 15) is 4.79 Å². The lowest BCUT2D eigenvalue weighted by Gasteiger charge is -2.12. The first-order valence-corrected chi connectivity index (χ1v) is 7.06. The molecule has 21 heavy (non-hydrogen) atoms. The van der Waals surface area contributed by atoms with Crippen LogP contribution in [0.3, 0.4) is 0 Å². The average Bonchev–Trinajstić information content (AvgIpc) is 2.96. The molecule has 2 aromatic heterocycles. The highest BCUT2D eigenvalue weighted by Gasteiger charge is 2.11. The minimum atomic E-state index is -0.979.